The number of hydrogen-bond acceptors (Lipinski definition) is 2. The van der Waals surface area contributed by atoms with Crippen molar-refractivity contribution in [2.45, 2.75) is 27.7 Å². The van der Waals surface area contributed by atoms with Crippen molar-refractivity contribution in [1.82, 2.24) is 4.90 Å². The van der Waals surface area contributed by atoms with Crippen LogP contribution in [0.5, 0.6) is 0 Å². The molecule has 0 spiro atoms. The first-order valence-electron chi connectivity index (χ1n) is 5.91. The standard InChI is InChI=1S/C14H21NO/c1-5-15(6-2)10-14(16)13-8-7-11(3)9-12(13)4/h7-9H,5-6,10H2,1-4H3. The Morgan fingerprint density at radius 1 is 1.19 bits per heavy atom. The van der Waals surface area contributed by atoms with Gasteiger partial charge in [0, 0.05) is 5.56 Å². The van der Waals surface area contributed by atoms with Crippen LogP contribution in [0.3, 0.4) is 0 Å². The summed E-state index contributed by atoms with van der Waals surface area (Å²) >= 11 is 0. The number of ketones is 1. The second-order valence-electron chi connectivity index (χ2n) is 4.20. The maximum Gasteiger partial charge on any atom is 0.177 e. The molecule has 0 atom stereocenters. The molecule has 1 aromatic carbocycles. The minimum Gasteiger partial charge on any atom is -0.296 e. The van der Waals surface area contributed by atoms with E-state index in [1.54, 1.807) is 0 Å². The fraction of sp³-hybridized carbons (Fsp3) is 0.500. The number of carbonyl (C=O) groups is 1. The van der Waals surface area contributed by atoms with Gasteiger partial charge in [-0.1, -0.05) is 37.6 Å². The molecule has 16 heavy (non-hydrogen) atoms. The van der Waals surface area contributed by atoms with E-state index in [-0.39, 0.29) is 5.78 Å². The van der Waals surface area contributed by atoms with Gasteiger partial charge in [-0.05, 0) is 32.5 Å². The smallest absolute Gasteiger partial charge is 0.177 e. The Hall–Kier alpha value is -1.15. The van der Waals surface area contributed by atoms with Crippen LogP contribution in [-0.2, 0) is 0 Å². The molecular weight excluding hydrogens is 198 g/mol. The van der Waals surface area contributed by atoms with E-state index in [4.69, 9.17) is 0 Å². The van der Waals surface area contributed by atoms with Gasteiger partial charge in [0.15, 0.2) is 5.78 Å². The van der Waals surface area contributed by atoms with Crippen LogP contribution in [0.1, 0.15) is 35.3 Å². The van der Waals surface area contributed by atoms with Crippen LogP contribution < -0.4 is 0 Å². The second-order valence-corrected chi connectivity index (χ2v) is 4.20. The molecule has 0 amide bonds. The quantitative estimate of drug-likeness (QED) is 0.710. The fourth-order valence-electron chi connectivity index (χ4n) is 1.86. The summed E-state index contributed by atoms with van der Waals surface area (Å²) < 4.78 is 0. The van der Waals surface area contributed by atoms with Crippen molar-refractivity contribution in [2.24, 2.45) is 0 Å². The SMILES string of the molecule is CCN(CC)CC(=O)c1ccc(C)cc1C. The first-order chi connectivity index (χ1) is 7.58. The molecule has 1 rings (SSSR count). The minimum atomic E-state index is 0.223. The number of aryl methyl sites for hydroxylation is 2. The fourth-order valence-corrected chi connectivity index (χ4v) is 1.86. The van der Waals surface area contributed by atoms with Crippen LogP contribution >= 0.6 is 0 Å². The first-order valence-corrected chi connectivity index (χ1v) is 5.91. The Kier molecular flexibility index (Phi) is 4.69. The summed E-state index contributed by atoms with van der Waals surface area (Å²) in [7, 11) is 0. The predicted octanol–water partition coefficient (Wildman–Crippen LogP) is 2.83. The molecular formula is C14H21NO. The Morgan fingerprint density at radius 2 is 1.81 bits per heavy atom. The monoisotopic (exact) mass is 219 g/mol. The first kappa shape index (κ1) is 12.9. The molecule has 0 bridgehead atoms. The van der Waals surface area contributed by atoms with Crippen LogP contribution in [0.15, 0.2) is 18.2 Å². The summed E-state index contributed by atoms with van der Waals surface area (Å²) in [6.45, 7) is 10.6. The maximum absolute atomic E-state index is 12.1. The molecule has 0 aliphatic carbocycles. The molecule has 1 aromatic rings. The van der Waals surface area contributed by atoms with Gasteiger partial charge in [-0.25, -0.2) is 0 Å². The molecule has 2 nitrogen and oxygen atoms in total. The van der Waals surface area contributed by atoms with Gasteiger partial charge in [-0.15, -0.1) is 0 Å². The third-order valence-corrected chi connectivity index (χ3v) is 2.94. The Morgan fingerprint density at radius 3 is 2.31 bits per heavy atom. The van der Waals surface area contributed by atoms with Crippen LogP contribution in [-0.4, -0.2) is 30.3 Å². The number of nitrogens with zero attached hydrogens (tertiary/aromatic N) is 1. The topological polar surface area (TPSA) is 20.3 Å². The second kappa shape index (κ2) is 5.80. The highest BCUT2D eigenvalue weighted by molar-refractivity contribution is 5.98. The molecule has 0 N–H and O–H groups in total. The van der Waals surface area contributed by atoms with Gasteiger partial charge in [0.1, 0.15) is 0 Å². The van der Waals surface area contributed by atoms with Crippen LogP contribution in [0.4, 0.5) is 0 Å². The zero-order chi connectivity index (χ0) is 12.1. The van der Waals surface area contributed by atoms with Crippen molar-refractivity contribution in [3.8, 4) is 0 Å². The number of rotatable bonds is 5. The van der Waals surface area contributed by atoms with E-state index in [2.05, 4.69) is 24.8 Å². The zero-order valence-electron chi connectivity index (χ0n) is 10.7. The molecule has 0 aliphatic rings. The zero-order valence-corrected chi connectivity index (χ0v) is 10.7. The Bertz CT molecular complexity index is 367. The average molecular weight is 219 g/mol. The Balaban J connectivity index is 2.80. The van der Waals surface area contributed by atoms with E-state index < -0.39 is 0 Å². The molecule has 0 aromatic heterocycles. The third-order valence-electron chi connectivity index (χ3n) is 2.94. The van der Waals surface area contributed by atoms with Crippen molar-refractivity contribution in [1.29, 1.82) is 0 Å². The number of likely N-dealkylation sites (N-methyl/N-ethyl adjacent to an activating group) is 1. The van der Waals surface area contributed by atoms with E-state index in [1.807, 2.05) is 26.0 Å². The van der Waals surface area contributed by atoms with E-state index in [0.717, 1.165) is 24.2 Å². The molecule has 0 saturated heterocycles. The van der Waals surface area contributed by atoms with Gasteiger partial charge in [0.05, 0.1) is 6.54 Å². The highest BCUT2D eigenvalue weighted by Gasteiger charge is 2.11. The molecule has 88 valence electrons. The summed E-state index contributed by atoms with van der Waals surface area (Å²) in [4.78, 5) is 14.2. The lowest BCUT2D eigenvalue weighted by Gasteiger charge is -2.17. The summed E-state index contributed by atoms with van der Waals surface area (Å²) in [6.07, 6.45) is 0. The molecule has 2 heteroatoms. The van der Waals surface area contributed by atoms with Crippen molar-refractivity contribution in [2.75, 3.05) is 19.6 Å². The summed E-state index contributed by atoms with van der Waals surface area (Å²) in [6, 6.07) is 6.01. The van der Waals surface area contributed by atoms with Gasteiger partial charge in [0.2, 0.25) is 0 Å². The van der Waals surface area contributed by atoms with Crippen LogP contribution in [0.25, 0.3) is 0 Å². The van der Waals surface area contributed by atoms with E-state index >= 15 is 0 Å². The van der Waals surface area contributed by atoms with E-state index in [1.165, 1.54) is 5.56 Å². The normalized spacial score (nSPS) is 10.8. The Labute approximate surface area is 98.3 Å². The van der Waals surface area contributed by atoms with Crippen LogP contribution in [0.2, 0.25) is 0 Å². The number of Topliss-reactive ketones (excluding diaryl/α,β-unsaturated/α-hetero) is 1. The highest BCUT2D eigenvalue weighted by Crippen LogP contribution is 2.11. The molecule has 0 radical (unpaired) electrons. The van der Waals surface area contributed by atoms with Crippen molar-refractivity contribution < 1.29 is 4.79 Å². The highest BCUT2D eigenvalue weighted by atomic mass is 16.1. The number of carbonyl (C=O) groups excluding carboxylic acids is 1. The third kappa shape index (κ3) is 3.17. The van der Waals surface area contributed by atoms with Crippen molar-refractivity contribution in [3.05, 3.63) is 34.9 Å². The van der Waals surface area contributed by atoms with E-state index in [9.17, 15) is 4.79 Å². The summed E-state index contributed by atoms with van der Waals surface area (Å²) in [5.41, 5.74) is 3.14. The molecule has 0 heterocycles. The van der Waals surface area contributed by atoms with Crippen molar-refractivity contribution in [3.63, 3.8) is 0 Å². The molecule has 0 fully saturated rings. The van der Waals surface area contributed by atoms with E-state index in [0.29, 0.717) is 6.54 Å². The largest absolute Gasteiger partial charge is 0.296 e. The van der Waals surface area contributed by atoms with Gasteiger partial charge in [-0.3, -0.25) is 9.69 Å². The van der Waals surface area contributed by atoms with Gasteiger partial charge in [-0.2, -0.15) is 0 Å². The van der Waals surface area contributed by atoms with Crippen molar-refractivity contribution >= 4 is 5.78 Å². The number of hydrogen-bond donors (Lipinski definition) is 0. The summed E-state index contributed by atoms with van der Waals surface area (Å²) in [5.74, 6) is 0.223. The number of benzene rings is 1. The van der Waals surface area contributed by atoms with Gasteiger partial charge < -0.3 is 0 Å². The molecule has 0 saturated carbocycles. The molecule has 0 unspecified atom stereocenters. The van der Waals surface area contributed by atoms with Gasteiger partial charge >= 0.3 is 0 Å². The lowest BCUT2D eigenvalue weighted by atomic mass is 10.0. The minimum absolute atomic E-state index is 0.223. The van der Waals surface area contributed by atoms with Crippen LogP contribution in [0, 0.1) is 13.8 Å². The lowest BCUT2D eigenvalue weighted by Crippen LogP contribution is -2.29. The molecule has 0 aliphatic heterocycles. The van der Waals surface area contributed by atoms with Gasteiger partial charge in [0.25, 0.3) is 0 Å². The average Bonchev–Trinajstić information content (AvgIpc) is 2.25. The maximum atomic E-state index is 12.1. The predicted molar refractivity (Wildman–Crippen MR) is 68.0 cm³/mol. The summed E-state index contributed by atoms with van der Waals surface area (Å²) in [5, 5.41) is 0. The lowest BCUT2D eigenvalue weighted by molar-refractivity contribution is 0.0937.